The highest BCUT2D eigenvalue weighted by molar-refractivity contribution is 5.87. The summed E-state index contributed by atoms with van der Waals surface area (Å²) >= 11 is 0. The summed E-state index contributed by atoms with van der Waals surface area (Å²) in [5, 5.41) is 15.9. The molecule has 19 heteroatoms. The molecule has 75 heavy (non-hydrogen) atoms. The molecule has 0 spiro atoms. The average Bonchev–Trinajstić information content (AvgIpc) is 4.28. The molecule has 2 aromatic heterocycles. The lowest BCUT2D eigenvalue weighted by Gasteiger charge is -2.36. The average molecular weight is 1030 g/mol. The fraction of sp³-hybridized carbons (Fsp3) is 0.482. The molecule has 0 bridgehead atoms. The van der Waals surface area contributed by atoms with Gasteiger partial charge in [0.25, 0.3) is 0 Å². The lowest BCUT2D eigenvalue weighted by atomic mass is 10.0. The molecule has 4 aliphatic rings. The summed E-state index contributed by atoms with van der Waals surface area (Å²) in [4.78, 5) is 64.9. The monoisotopic (exact) mass is 1030 g/mol. The van der Waals surface area contributed by atoms with Crippen LogP contribution in [0.2, 0.25) is 0 Å². The number of nitrogens with one attached hydrogen (secondary N) is 4. The number of alkyl carbamates (subject to hydrolysis) is 1. The molecule has 0 saturated carbocycles. The van der Waals surface area contributed by atoms with Crippen molar-refractivity contribution < 1.29 is 42.5 Å². The number of ether oxygens (including phenoxy) is 3. The smallest absolute Gasteiger partial charge is 0.407 e. The third-order valence-electron chi connectivity index (χ3n) is 15.6. The van der Waals surface area contributed by atoms with Crippen LogP contribution in [-0.4, -0.2) is 118 Å². The SMILES string of the molecule is COC(=O)N[C@H](C(=O)N1CCC[C@H]1c1nc2cc([C@H]3CC[C@H](c4ccc5[nH]c([C@@H]6CCCN6C(=O)[C@@H](NC(O)OC)C(C)C)nc5c4)N3c3cc(F)c(N4CCOC(c5ccccc5)C4)c(F)c3)ccc2[nH]1)C(C)C. The fourth-order valence-corrected chi connectivity index (χ4v) is 11.8. The summed E-state index contributed by atoms with van der Waals surface area (Å²) in [6.07, 6.45) is 1.97. The molecule has 4 aliphatic heterocycles. The number of halogens is 2. The number of morpholine rings is 1. The Bertz CT molecular complexity index is 3000. The van der Waals surface area contributed by atoms with Gasteiger partial charge in [0.2, 0.25) is 18.2 Å². The van der Waals surface area contributed by atoms with Gasteiger partial charge in [-0.15, -0.1) is 0 Å². The fourth-order valence-electron chi connectivity index (χ4n) is 11.8. The summed E-state index contributed by atoms with van der Waals surface area (Å²) in [6.45, 7) is 9.60. The number of aliphatic hydroxyl groups excluding tert-OH is 1. The van der Waals surface area contributed by atoms with E-state index in [1.165, 1.54) is 26.4 Å². The Kier molecular flexibility index (Phi) is 15.1. The number of benzene rings is 4. The number of aromatic amines is 2. The number of aliphatic hydroxyl groups is 1. The third kappa shape index (κ3) is 10.4. The molecule has 17 nitrogen and oxygen atoms in total. The maximum absolute atomic E-state index is 16.9. The zero-order valence-electron chi connectivity index (χ0n) is 43.4. The topological polar surface area (TPSA) is 194 Å². The van der Waals surface area contributed by atoms with Gasteiger partial charge in [0, 0.05) is 39.0 Å². The van der Waals surface area contributed by atoms with E-state index in [-0.39, 0.29) is 66.2 Å². The van der Waals surface area contributed by atoms with Crippen molar-refractivity contribution in [2.45, 2.75) is 115 Å². The summed E-state index contributed by atoms with van der Waals surface area (Å²) in [6, 6.07) is 22.0. The van der Waals surface area contributed by atoms with Crippen molar-refractivity contribution in [2.24, 2.45) is 11.8 Å². The van der Waals surface area contributed by atoms with Crippen LogP contribution in [0, 0.1) is 23.5 Å². The number of carbonyl (C=O) groups excluding carboxylic acids is 3. The van der Waals surface area contributed by atoms with Gasteiger partial charge in [0.05, 0.1) is 66.0 Å². The Labute approximate surface area is 435 Å². The van der Waals surface area contributed by atoms with Gasteiger partial charge in [-0.2, -0.15) is 0 Å². The van der Waals surface area contributed by atoms with E-state index >= 15 is 8.78 Å². The second-order valence-corrected chi connectivity index (χ2v) is 21.0. The van der Waals surface area contributed by atoms with E-state index < -0.39 is 36.2 Å². The molecule has 4 saturated heterocycles. The lowest BCUT2D eigenvalue weighted by Crippen LogP contribution is -2.52. The van der Waals surface area contributed by atoms with Gasteiger partial charge in [0.1, 0.15) is 29.5 Å². The van der Waals surface area contributed by atoms with Crippen molar-refractivity contribution in [3.05, 3.63) is 119 Å². The molecule has 4 aromatic carbocycles. The highest BCUT2D eigenvalue weighted by Crippen LogP contribution is 2.49. The Morgan fingerprint density at radius 2 is 1.25 bits per heavy atom. The number of hydrogen-bond acceptors (Lipinski definition) is 12. The van der Waals surface area contributed by atoms with E-state index in [0.717, 1.165) is 40.6 Å². The van der Waals surface area contributed by atoms with Gasteiger partial charge in [0.15, 0.2) is 11.6 Å². The number of carbonyl (C=O) groups is 3. The quantitative estimate of drug-likeness (QED) is 0.0616. The summed E-state index contributed by atoms with van der Waals surface area (Å²) < 4.78 is 49.7. The highest BCUT2D eigenvalue weighted by atomic mass is 19.1. The maximum atomic E-state index is 16.9. The first kappa shape index (κ1) is 51.8. The number of amides is 3. The molecule has 398 valence electrons. The minimum absolute atomic E-state index is 0.0868. The van der Waals surface area contributed by atoms with Gasteiger partial charge in [-0.3, -0.25) is 14.9 Å². The molecular weight excluding hydrogens is 963 g/mol. The van der Waals surface area contributed by atoms with E-state index in [2.05, 4.69) is 25.5 Å². The van der Waals surface area contributed by atoms with Crippen LogP contribution in [0.5, 0.6) is 0 Å². The first-order valence-corrected chi connectivity index (χ1v) is 26.3. The standard InChI is InChI=1S/C56H68F2N10O7/c1-31(2)48(63-55(71)73-5)53(69)66-22-10-14-45(66)51-59-39-18-16-34(26-41(39)61-51)43-20-21-44(68(43)36-28-37(57)50(38(58)29-36)65-24-25-75-47(30-65)33-12-8-7-9-13-33)35-17-19-40-42(27-35)62-52(60-40)46-15-11-23-67(46)54(70)49(32(3)4)64-56(72)74-6/h7-9,12-13,16-19,26-29,31-32,43-49,55,63,71H,10-11,14-15,20-25,30H2,1-6H3,(H,59,61)(H,60,62)(H,64,72)/t43-,44-,45+,46+,47?,48+,49+,55?/m1/s1. The number of imidazole rings is 2. The molecule has 4 fully saturated rings. The lowest BCUT2D eigenvalue weighted by molar-refractivity contribution is -0.145. The van der Waals surface area contributed by atoms with Gasteiger partial charge in [-0.25, -0.2) is 23.5 Å². The molecule has 8 atom stereocenters. The maximum Gasteiger partial charge on any atom is 0.407 e. The number of anilines is 2. The highest BCUT2D eigenvalue weighted by Gasteiger charge is 2.41. The predicted molar refractivity (Wildman–Crippen MR) is 279 cm³/mol. The molecule has 6 aromatic rings. The number of fused-ring (bicyclic) bond motifs is 2. The molecule has 3 amide bonds. The minimum Gasteiger partial charge on any atom is -0.453 e. The normalized spacial score (nSPS) is 22.5. The van der Waals surface area contributed by atoms with E-state index in [0.29, 0.717) is 80.3 Å². The van der Waals surface area contributed by atoms with E-state index in [1.54, 1.807) is 9.80 Å². The van der Waals surface area contributed by atoms with Gasteiger partial charge in [-0.05, 0) is 103 Å². The van der Waals surface area contributed by atoms with Crippen LogP contribution in [0.15, 0.2) is 78.9 Å². The van der Waals surface area contributed by atoms with Crippen molar-refractivity contribution in [3.8, 4) is 0 Å². The number of aromatic nitrogens is 4. The summed E-state index contributed by atoms with van der Waals surface area (Å²) in [5.41, 5.74) is 6.06. The molecule has 10 rings (SSSR count). The van der Waals surface area contributed by atoms with E-state index in [4.69, 9.17) is 24.2 Å². The van der Waals surface area contributed by atoms with E-state index in [1.807, 2.05) is 99.3 Å². The third-order valence-corrected chi connectivity index (χ3v) is 15.6. The van der Waals surface area contributed by atoms with Crippen LogP contribution >= 0.6 is 0 Å². The number of hydrogen-bond donors (Lipinski definition) is 5. The van der Waals surface area contributed by atoms with Crippen LogP contribution in [-0.2, 0) is 23.8 Å². The Morgan fingerprint density at radius 3 is 1.77 bits per heavy atom. The molecule has 2 unspecified atom stereocenters. The predicted octanol–water partition coefficient (Wildman–Crippen LogP) is 8.62. The van der Waals surface area contributed by atoms with Crippen molar-refractivity contribution in [1.82, 2.24) is 40.4 Å². The number of methoxy groups -OCH3 is 2. The first-order valence-electron chi connectivity index (χ1n) is 26.3. The largest absolute Gasteiger partial charge is 0.453 e. The minimum atomic E-state index is -1.29. The van der Waals surface area contributed by atoms with Crippen molar-refractivity contribution >= 4 is 51.3 Å². The Balaban J connectivity index is 0.977. The Morgan fingerprint density at radius 1 is 0.707 bits per heavy atom. The number of rotatable bonds is 15. The van der Waals surface area contributed by atoms with Crippen molar-refractivity contribution in [2.75, 3.05) is 56.8 Å². The number of nitrogens with zero attached hydrogens (tertiary/aromatic N) is 6. The van der Waals surface area contributed by atoms with Crippen molar-refractivity contribution in [1.29, 1.82) is 0 Å². The van der Waals surface area contributed by atoms with Crippen LogP contribution in [0.3, 0.4) is 0 Å². The molecular formula is C56H68F2N10O7. The second-order valence-electron chi connectivity index (χ2n) is 21.0. The van der Waals surface area contributed by atoms with Crippen LogP contribution in [0.25, 0.3) is 22.1 Å². The second kappa shape index (κ2) is 21.9. The molecule has 0 radical (unpaired) electrons. The molecule has 0 aliphatic carbocycles. The summed E-state index contributed by atoms with van der Waals surface area (Å²) in [5.74, 6) is -0.663. The number of H-pyrrole nitrogens is 2. The van der Waals surface area contributed by atoms with Gasteiger partial charge < -0.3 is 54.2 Å². The van der Waals surface area contributed by atoms with E-state index in [9.17, 15) is 19.5 Å². The molecule has 5 N–H and O–H groups in total. The van der Waals surface area contributed by atoms with Crippen LogP contribution < -0.4 is 20.4 Å². The molecule has 6 heterocycles. The van der Waals surface area contributed by atoms with Gasteiger partial charge >= 0.3 is 6.09 Å². The zero-order chi connectivity index (χ0) is 52.7. The van der Waals surface area contributed by atoms with Gasteiger partial charge in [-0.1, -0.05) is 70.2 Å². The zero-order valence-corrected chi connectivity index (χ0v) is 43.4. The Hall–Kier alpha value is -6.67. The van der Waals surface area contributed by atoms with Crippen LogP contribution in [0.1, 0.15) is 125 Å². The van der Waals surface area contributed by atoms with Crippen LogP contribution in [0.4, 0.5) is 25.0 Å². The van der Waals surface area contributed by atoms with Crippen molar-refractivity contribution in [3.63, 3.8) is 0 Å². The first-order chi connectivity index (χ1) is 36.2. The summed E-state index contributed by atoms with van der Waals surface area (Å²) in [7, 11) is 2.64. The number of likely N-dealkylation sites (tertiary alicyclic amines) is 2.